The molecule has 2 aromatic rings. The molecule has 1 aliphatic heterocycles. The van der Waals surface area contributed by atoms with E-state index in [4.69, 9.17) is 21.1 Å². The third-order valence-electron chi connectivity index (χ3n) is 7.83. The van der Waals surface area contributed by atoms with Gasteiger partial charge in [-0.1, -0.05) is 54.9 Å². The standard InChI is InChI=1S/C30H32ClNO5/c1-17-26(30(35)37-21-11-7-4-8-12-21)27(20-13-22(31)29(34)25(16-20)36-2)28-23(32-17)14-19(15-24(28)33)18-9-5-3-6-10-18/h3,5-6,9-10,13,16,19,21,26-27,32,34H,1,4,7-8,11-12,14-15H2,2H3. The molecule has 0 amide bonds. The van der Waals surface area contributed by atoms with E-state index in [0.29, 0.717) is 29.7 Å². The quantitative estimate of drug-likeness (QED) is 0.459. The number of esters is 1. The van der Waals surface area contributed by atoms with E-state index >= 15 is 0 Å². The third kappa shape index (κ3) is 4.99. The molecule has 0 spiro atoms. The summed E-state index contributed by atoms with van der Waals surface area (Å²) in [6.07, 6.45) is 5.71. The maximum Gasteiger partial charge on any atom is 0.316 e. The molecule has 3 atom stereocenters. The summed E-state index contributed by atoms with van der Waals surface area (Å²) in [5.74, 6) is -1.88. The minimum Gasteiger partial charge on any atom is -0.503 e. The monoisotopic (exact) mass is 521 g/mol. The highest BCUT2D eigenvalue weighted by molar-refractivity contribution is 6.32. The number of allylic oxidation sites excluding steroid dienone is 2. The zero-order valence-electron chi connectivity index (χ0n) is 21.0. The van der Waals surface area contributed by atoms with E-state index < -0.39 is 17.8 Å². The van der Waals surface area contributed by atoms with Crippen LogP contribution in [0, 0.1) is 5.92 Å². The average Bonchev–Trinajstić information content (AvgIpc) is 2.90. The van der Waals surface area contributed by atoms with Gasteiger partial charge in [-0.15, -0.1) is 0 Å². The van der Waals surface area contributed by atoms with E-state index in [1.807, 2.05) is 30.3 Å². The molecular weight excluding hydrogens is 490 g/mol. The zero-order valence-corrected chi connectivity index (χ0v) is 21.7. The first kappa shape index (κ1) is 25.4. The summed E-state index contributed by atoms with van der Waals surface area (Å²) in [6.45, 7) is 4.21. The number of methoxy groups -OCH3 is 1. The summed E-state index contributed by atoms with van der Waals surface area (Å²) >= 11 is 6.37. The number of carbonyl (C=O) groups excluding carboxylic acids is 2. The smallest absolute Gasteiger partial charge is 0.316 e. The SMILES string of the molecule is C=C1NC2=C(C(=O)CC(c3ccccc3)C2)C(c2cc(Cl)c(O)c(OC)c2)C1C(=O)OC1CCCCC1. The predicted molar refractivity (Wildman–Crippen MR) is 142 cm³/mol. The summed E-state index contributed by atoms with van der Waals surface area (Å²) in [5.41, 5.74) is 3.51. The van der Waals surface area contributed by atoms with Gasteiger partial charge in [-0.25, -0.2) is 0 Å². The van der Waals surface area contributed by atoms with E-state index in [1.54, 1.807) is 12.1 Å². The number of hydrogen-bond acceptors (Lipinski definition) is 6. The number of benzene rings is 2. The summed E-state index contributed by atoms with van der Waals surface area (Å²) < 4.78 is 11.3. The number of Topliss-reactive ketones (excluding diaryl/α,β-unsaturated/α-hetero) is 1. The Hall–Kier alpha value is -3.25. The van der Waals surface area contributed by atoms with E-state index in [-0.39, 0.29) is 34.3 Å². The molecule has 1 fully saturated rings. The molecule has 0 radical (unpaired) electrons. The second kappa shape index (κ2) is 10.6. The number of aromatic hydroxyl groups is 1. The Morgan fingerprint density at radius 1 is 1.08 bits per heavy atom. The Morgan fingerprint density at radius 2 is 1.81 bits per heavy atom. The molecule has 0 bridgehead atoms. The van der Waals surface area contributed by atoms with Gasteiger partial charge in [0.05, 0.1) is 12.1 Å². The summed E-state index contributed by atoms with van der Waals surface area (Å²) in [6, 6.07) is 13.2. The van der Waals surface area contributed by atoms with E-state index in [1.165, 1.54) is 7.11 Å². The van der Waals surface area contributed by atoms with Gasteiger partial charge >= 0.3 is 5.97 Å². The molecule has 2 aliphatic carbocycles. The van der Waals surface area contributed by atoms with Gasteiger partial charge in [0.1, 0.15) is 12.0 Å². The minimum atomic E-state index is -0.816. The van der Waals surface area contributed by atoms with Crippen LogP contribution in [-0.2, 0) is 14.3 Å². The van der Waals surface area contributed by atoms with Gasteiger partial charge in [-0.2, -0.15) is 0 Å². The van der Waals surface area contributed by atoms with Crippen molar-refractivity contribution >= 4 is 23.4 Å². The van der Waals surface area contributed by atoms with Crippen LogP contribution in [0.2, 0.25) is 5.02 Å². The maximum absolute atomic E-state index is 13.8. The van der Waals surface area contributed by atoms with Crippen molar-refractivity contribution in [3.63, 3.8) is 0 Å². The lowest BCUT2D eigenvalue weighted by atomic mass is 9.69. The molecule has 1 heterocycles. The van der Waals surface area contributed by atoms with Crippen LogP contribution in [0.4, 0.5) is 0 Å². The van der Waals surface area contributed by atoms with Crippen LogP contribution < -0.4 is 10.1 Å². The number of nitrogens with one attached hydrogen (secondary N) is 1. The largest absolute Gasteiger partial charge is 0.503 e. The third-order valence-corrected chi connectivity index (χ3v) is 8.12. The van der Waals surface area contributed by atoms with Crippen LogP contribution >= 0.6 is 11.6 Å². The second-order valence-corrected chi connectivity index (χ2v) is 10.6. The minimum absolute atomic E-state index is 0.0251. The van der Waals surface area contributed by atoms with Gasteiger partial charge in [0.25, 0.3) is 0 Å². The Balaban J connectivity index is 1.58. The molecule has 37 heavy (non-hydrogen) atoms. The van der Waals surface area contributed by atoms with Crippen molar-refractivity contribution in [3.05, 3.63) is 82.2 Å². The van der Waals surface area contributed by atoms with Crippen molar-refractivity contribution in [3.8, 4) is 11.5 Å². The number of ether oxygens (including phenoxy) is 2. The zero-order chi connectivity index (χ0) is 26.1. The molecule has 0 saturated heterocycles. The molecule has 2 N–H and O–H groups in total. The molecule has 1 saturated carbocycles. The molecule has 0 aromatic heterocycles. The average molecular weight is 522 g/mol. The number of phenolic OH excluding ortho intramolecular Hbond substituents is 1. The van der Waals surface area contributed by atoms with Gasteiger partial charge in [0.2, 0.25) is 0 Å². The van der Waals surface area contributed by atoms with Crippen LogP contribution in [-0.4, -0.2) is 30.1 Å². The lowest BCUT2D eigenvalue weighted by molar-refractivity contribution is -0.155. The van der Waals surface area contributed by atoms with Crippen LogP contribution in [0.1, 0.15) is 67.9 Å². The van der Waals surface area contributed by atoms with Crippen molar-refractivity contribution in [2.75, 3.05) is 7.11 Å². The number of rotatable bonds is 5. The lowest BCUT2D eigenvalue weighted by Crippen LogP contribution is -2.43. The number of ketones is 1. The fraction of sp³-hybridized carbons (Fsp3) is 0.400. The Bertz CT molecular complexity index is 1250. The van der Waals surface area contributed by atoms with Gasteiger partial charge in [0, 0.05) is 29.3 Å². The van der Waals surface area contributed by atoms with Crippen molar-refractivity contribution in [1.82, 2.24) is 5.32 Å². The van der Waals surface area contributed by atoms with Crippen LogP contribution in [0.5, 0.6) is 11.5 Å². The normalized spacial score (nSPS) is 24.3. The molecule has 3 aliphatic rings. The van der Waals surface area contributed by atoms with Crippen molar-refractivity contribution in [1.29, 1.82) is 0 Å². The number of phenols is 1. The predicted octanol–water partition coefficient (Wildman–Crippen LogP) is 6.15. The summed E-state index contributed by atoms with van der Waals surface area (Å²) in [7, 11) is 1.44. The maximum atomic E-state index is 13.8. The highest BCUT2D eigenvalue weighted by Gasteiger charge is 2.46. The molecule has 6 nitrogen and oxygen atoms in total. The second-order valence-electron chi connectivity index (χ2n) is 10.2. The van der Waals surface area contributed by atoms with Gasteiger partial charge < -0.3 is 19.9 Å². The fourth-order valence-corrected chi connectivity index (χ4v) is 6.22. The van der Waals surface area contributed by atoms with E-state index in [0.717, 1.165) is 43.4 Å². The molecule has 194 valence electrons. The first-order chi connectivity index (χ1) is 17.9. The molecular formula is C30H32ClNO5. The summed E-state index contributed by atoms with van der Waals surface area (Å²) in [4.78, 5) is 27.4. The van der Waals surface area contributed by atoms with Crippen molar-refractivity contribution in [2.45, 2.75) is 62.9 Å². The number of hydrogen-bond donors (Lipinski definition) is 2. The van der Waals surface area contributed by atoms with Crippen molar-refractivity contribution < 1.29 is 24.2 Å². The molecule has 3 unspecified atom stereocenters. The van der Waals surface area contributed by atoms with Crippen molar-refractivity contribution in [2.24, 2.45) is 5.92 Å². The first-order valence-electron chi connectivity index (χ1n) is 12.9. The summed E-state index contributed by atoms with van der Waals surface area (Å²) in [5, 5.41) is 13.8. The molecule has 7 heteroatoms. The molecule has 5 rings (SSSR count). The van der Waals surface area contributed by atoms with Crippen LogP contribution in [0.3, 0.4) is 0 Å². The number of carbonyl (C=O) groups is 2. The topological polar surface area (TPSA) is 84.9 Å². The van der Waals surface area contributed by atoms with Crippen LogP contribution in [0.15, 0.2) is 66.0 Å². The van der Waals surface area contributed by atoms with Gasteiger partial charge in [-0.05, 0) is 61.3 Å². The van der Waals surface area contributed by atoms with Gasteiger partial charge in [0.15, 0.2) is 17.3 Å². The Morgan fingerprint density at radius 3 is 2.51 bits per heavy atom. The highest BCUT2D eigenvalue weighted by Crippen LogP contribution is 2.49. The van der Waals surface area contributed by atoms with Crippen LogP contribution in [0.25, 0.3) is 0 Å². The molecule has 2 aromatic carbocycles. The lowest BCUT2D eigenvalue weighted by Gasteiger charge is -2.40. The first-order valence-corrected chi connectivity index (χ1v) is 13.3. The fourth-order valence-electron chi connectivity index (χ4n) is 6.00. The van der Waals surface area contributed by atoms with Gasteiger partial charge in [-0.3, -0.25) is 9.59 Å². The number of halogens is 1. The van der Waals surface area contributed by atoms with E-state index in [9.17, 15) is 14.7 Å². The van der Waals surface area contributed by atoms with E-state index in [2.05, 4.69) is 11.9 Å². The Kier molecular flexibility index (Phi) is 7.29. The Labute approximate surface area is 222 Å². The highest BCUT2D eigenvalue weighted by atomic mass is 35.5.